The molecule has 1 amide bonds. The molecule has 1 aromatic carbocycles. The van der Waals surface area contributed by atoms with Crippen LogP contribution in [0.5, 0.6) is 0 Å². The molecule has 2 aromatic heterocycles. The van der Waals surface area contributed by atoms with Crippen LogP contribution < -0.4 is 5.32 Å². The lowest BCUT2D eigenvalue weighted by molar-refractivity contribution is 0.0933. The fraction of sp³-hybridized carbons (Fsp3) is 0.381. The molecule has 0 aliphatic rings. The van der Waals surface area contributed by atoms with Gasteiger partial charge in [0.25, 0.3) is 5.91 Å². The normalized spacial score (nSPS) is 12.1. The summed E-state index contributed by atoms with van der Waals surface area (Å²) < 4.78 is 3.99. The van der Waals surface area contributed by atoms with Crippen molar-refractivity contribution in [3.8, 4) is 0 Å². The Balaban J connectivity index is 1.76. The Labute approximate surface area is 160 Å². The van der Waals surface area contributed by atoms with Gasteiger partial charge in [0.15, 0.2) is 0 Å². The van der Waals surface area contributed by atoms with Gasteiger partial charge in [-0.2, -0.15) is 5.10 Å². The highest BCUT2D eigenvalue weighted by atomic mass is 16.1. The number of imidazole rings is 1. The van der Waals surface area contributed by atoms with Crippen LogP contribution in [-0.4, -0.2) is 25.2 Å². The number of carbonyl (C=O) groups excluding carboxylic acids is 1. The van der Waals surface area contributed by atoms with Crippen LogP contribution in [0.4, 0.5) is 0 Å². The van der Waals surface area contributed by atoms with E-state index in [9.17, 15) is 4.79 Å². The highest BCUT2D eigenvalue weighted by Gasteiger charge is 2.19. The molecule has 1 N–H and O–H groups in total. The first kappa shape index (κ1) is 18.9. The van der Waals surface area contributed by atoms with Crippen LogP contribution >= 0.6 is 0 Å². The summed E-state index contributed by atoms with van der Waals surface area (Å²) >= 11 is 0. The molecule has 1 atom stereocenters. The highest BCUT2D eigenvalue weighted by molar-refractivity contribution is 5.95. The van der Waals surface area contributed by atoms with Gasteiger partial charge in [0.2, 0.25) is 0 Å². The number of nitrogens with one attached hydrogen (secondary N) is 1. The second-order valence-corrected chi connectivity index (χ2v) is 6.76. The fourth-order valence-corrected chi connectivity index (χ4v) is 3.26. The molecule has 3 rings (SSSR count). The van der Waals surface area contributed by atoms with Crippen LogP contribution in [0.3, 0.4) is 0 Å². The quantitative estimate of drug-likeness (QED) is 0.662. The molecule has 3 aromatic rings. The minimum Gasteiger partial charge on any atom is -0.345 e. The molecule has 142 valence electrons. The number of hydrogen-bond donors (Lipinski definition) is 1. The third-order valence-corrected chi connectivity index (χ3v) is 4.87. The van der Waals surface area contributed by atoms with Gasteiger partial charge in [-0.05, 0) is 32.3 Å². The van der Waals surface area contributed by atoms with Gasteiger partial charge in [0, 0.05) is 31.2 Å². The van der Waals surface area contributed by atoms with E-state index < -0.39 is 0 Å². The molecule has 0 aliphatic carbocycles. The molecular formula is C21H27N5O. The van der Waals surface area contributed by atoms with Crippen molar-refractivity contribution >= 4 is 5.91 Å². The molecule has 2 heterocycles. The van der Waals surface area contributed by atoms with E-state index in [0.717, 1.165) is 43.0 Å². The average molecular weight is 365 g/mol. The number of nitrogens with zero attached hydrogens (tertiary/aromatic N) is 4. The van der Waals surface area contributed by atoms with E-state index in [1.54, 1.807) is 12.4 Å². The zero-order chi connectivity index (χ0) is 19.2. The number of rotatable bonds is 8. The van der Waals surface area contributed by atoms with Gasteiger partial charge in [0.1, 0.15) is 5.82 Å². The van der Waals surface area contributed by atoms with Crippen molar-refractivity contribution < 1.29 is 4.79 Å². The summed E-state index contributed by atoms with van der Waals surface area (Å²) in [5.74, 6) is 0.899. The number of aryl methyl sites for hydroxylation is 3. The van der Waals surface area contributed by atoms with E-state index in [-0.39, 0.29) is 11.9 Å². The van der Waals surface area contributed by atoms with Gasteiger partial charge in [-0.1, -0.05) is 37.3 Å². The summed E-state index contributed by atoms with van der Waals surface area (Å²) in [6, 6.07) is 10.0. The molecule has 0 bridgehead atoms. The second kappa shape index (κ2) is 8.66. The summed E-state index contributed by atoms with van der Waals surface area (Å²) in [5.41, 5.74) is 2.65. The summed E-state index contributed by atoms with van der Waals surface area (Å²) in [6.07, 6.45) is 7.22. The summed E-state index contributed by atoms with van der Waals surface area (Å²) in [6.45, 7) is 7.65. The van der Waals surface area contributed by atoms with Crippen molar-refractivity contribution in [3.05, 3.63) is 71.6 Å². The van der Waals surface area contributed by atoms with Crippen LogP contribution in [0.15, 0.2) is 48.9 Å². The Bertz CT molecular complexity index is 881. The van der Waals surface area contributed by atoms with E-state index >= 15 is 0 Å². The predicted octanol–water partition coefficient (Wildman–Crippen LogP) is 3.67. The van der Waals surface area contributed by atoms with Crippen LogP contribution in [0.25, 0.3) is 0 Å². The Hall–Kier alpha value is -2.89. The van der Waals surface area contributed by atoms with Crippen molar-refractivity contribution in [2.45, 2.75) is 52.7 Å². The van der Waals surface area contributed by atoms with Crippen LogP contribution in [0.1, 0.15) is 53.2 Å². The molecular weight excluding hydrogens is 338 g/mol. The maximum atomic E-state index is 12.9. The van der Waals surface area contributed by atoms with Gasteiger partial charge >= 0.3 is 0 Å². The average Bonchev–Trinajstić information content (AvgIpc) is 3.25. The Morgan fingerprint density at radius 2 is 1.96 bits per heavy atom. The number of aromatic nitrogens is 4. The van der Waals surface area contributed by atoms with Crippen molar-refractivity contribution in [2.75, 3.05) is 0 Å². The predicted molar refractivity (Wildman–Crippen MR) is 105 cm³/mol. The minimum absolute atomic E-state index is 0.0746. The molecule has 0 fully saturated rings. The first-order chi connectivity index (χ1) is 13.1. The monoisotopic (exact) mass is 365 g/mol. The van der Waals surface area contributed by atoms with Crippen molar-refractivity contribution in [1.82, 2.24) is 24.6 Å². The summed E-state index contributed by atoms with van der Waals surface area (Å²) in [4.78, 5) is 17.2. The number of hydrogen-bond acceptors (Lipinski definition) is 3. The summed E-state index contributed by atoms with van der Waals surface area (Å²) in [5, 5.41) is 7.55. The van der Waals surface area contributed by atoms with Crippen LogP contribution in [-0.2, 0) is 13.1 Å². The van der Waals surface area contributed by atoms with E-state index in [4.69, 9.17) is 0 Å². The molecule has 27 heavy (non-hydrogen) atoms. The largest absolute Gasteiger partial charge is 0.345 e. The second-order valence-electron chi connectivity index (χ2n) is 6.76. The van der Waals surface area contributed by atoms with Crippen molar-refractivity contribution in [1.29, 1.82) is 0 Å². The molecule has 0 unspecified atom stereocenters. The van der Waals surface area contributed by atoms with Crippen LogP contribution in [0.2, 0.25) is 0 Å². The summed E-state index contributed by atoms with van der Waals surface area (Å²) in [7, 11) is 0. The topological polar surface area (TPSA) is 64.7 Å². The van der Waals surface area contributed by atoms with E-state index in [2.05, 4.69) is 39.0 Å². The van der Waals surface area contributed by atoms with Gasteiger partial charge in [0.05, 0.1) is 17.8 Å². The fourth-order valence-electron chi connectivity index (χ4n) is 3.26. The minimum atomic E-state index is -0.0777. The van der Waals surface area contributed by atoms with Crippen LogP contribution in [0, 0.1) is 13.8 Å². The number of benzene rings is 1. The third kappa shape index (κ3) is 4.45. The van der Waals surface area contributed by atoms with Gasteiger partial charge in [-0.15, -0.1) is 0 Å². The van der Waals surface area contributed by atoms with Crippen molar-refractivity contribution in [3.63, 3.8) is 0 Å². The molecule has 6 heteroatoms. The molecule has 0 spiro atoms. The smallest absolute Gasteiger partial charge is 0.255 e. The number of amides is 1. The molecule has 0 aliphatic heterocycles. The lowest BCUT2D eigenvalue weighted by Gasteiger charge is -2.20. The maximum absolute atomic E-state index is 12.9. The number of carbonyl (C=O) groups is 1. The van der Waals surface area contributed by atoms with Crippen molar-refractivity contribution in [2.24, 2.45) is 0 Å². The van der Waals surface area contributed by atoms with Gasteiger partial charge in [-0.3, -0.25) is 9.48 Å². The molecule has 0 saturated heterocycles. The maximum Gasteiger partial charge on any atom is 0.255 e. The third-order valence-electron chi connectivity index (χ3n) is 4.87. The highest BCUT2D eigenvalue weighted by Crippen LogP contribution is 2.19. The van der Waals surface area contributed by atoms with Gasteiger partial charge < -0.3 is 9.88 Å². The zero-order valence-corrected chi connectivity index (χ0v) is 16.2. The Morgan fingerprint density at radius 1 is 1.19 bits per heavy atom. The van der Waals surface area contributed by atoms with Gasteiger partial charge in [-0.25, -0.2) is 4.98 Å². The SMILES string of the molecule is CCCn1ncc(C(=O)N[C@@H](CCn2ccnc2C)c2ccccc2)c1C. The molecule has 0 radical (unpaired) electrons. The lowest BCUT2D eigenvalue weighted by Crippen LogP contribution is -2.29. The van der Waals surface area contributed by atoms with E-state index in [1.165, 1.54) is 0 Å². The first-order valence-electron chi connectivity index (χ1n) is 9.46. The molecule has 0 saturated carbocycles. The standard InChI is InChI=1S/C21H27N5O/c1-4-12-26-16(2)19(15-23-26)21(27)24-20(18-8-6-5-7-9-18)10-13-25-14-11-22-17(25)3/h5-9,11,14-15,20H,4,10,12-13H2,1-3H3,(H,24,27)/t20-/m0/s1. The Kier molecular flexibility index (Phi) is 6.06. The lowest BCUT2D eigenvalue weighted by atomic mass is 10.0. The zero-order valence-electron chi connectivity index (χ0n) is 16.2. The molecule has 6 nitrogen and oxygen atoms in total. The van der Waals surface area contributed by atoms with E-state index in [1.807, 2.05) is 42.9 Å². The Morgan fingerprint density at radius 3 is 2.63 bits per heavy atom. The van der Waals surface area contributed by atoms with E-state index in [0.29, 0.717) is 5.56 Å². The first-order valence-corrected chi connectivity index (χ1v) is 9.46.